The van der Waals surface area contributed by atoms with Gasteiger partial charge in [-0.2, -0.15) is 0 Å². The zero-order valence-corrected chi connectivity index (χ0v) is 9.23. The van der Waals surface area contributed by atoms with Crippen molar-refractivity contribution in [1.29, 1.82) is 0 Å². The SMILES string of the molecule is CCCCOC(=O)N=NC(=O)OC(C)C. The first-order valence-electron chi connectivity index (χ1n) is 4.85. The number of carbonyl (C=O) groups excluding carboxylic acids is 2. The molecule has 0 aliphatic carbocycles. The lowest BCUT2D eigenvalue weighted by atomic mass is 10.4. The predicted octanol–water partition coefficient (Wildman–Crippen LogP) is 2.92. The summed E-state index contributed by atoms with van der Waals surface area (Å²) in [7, 11) is 0. The summed E-state index contributed by atoms with van der Waals surface area (Å²) in [6.07, 6.45) is -0.369. The third kappa shape index (κ3) is 8.86. The third-order valence-electron chi connectivity index (χ3n) is 1.27. The molecular weight excluding hydrogens is 200 g/mol. The summed E-state index contributed by atoms with van der Waals surface area (Å²) >= 11 is 0. The van der Waals surface area contributed by atoms with E-state index in [0.717, 1.165) is 12.8 Å². The lowest BCUT2D eigenvalue weighted by Gasteiger charge is -2.02. The van der Waals surface area contributed by atoms with Crippen LogP contribution >= 0.6 is 0 Å². The van der Waals surface area contributed by atoms with Crippen molar-refractivity contribution in [2.75, 3.05) is 6.61 Å². The number of unbranched alkanes of at least 4 members (excludes halogenated alkanes) is 1. The molecule has 0 rings (SSSR count). The molecule has 86 valence electrons. The highest BCUT2D eigenvalue weighted by Crippen LogP contribution is 1.95. The summed E-state index contributed by atoms with van der Waals surface area (Å²) in [5.74, 6) is 0. The van der Waals surface area contributed by atoms with Crippen LogP contribution in [0.25, 0.3) is 0 Å². The average molecular weight is 216 g/mol. The van der Waals surface area contributed by atoms with Gasteiger partial charge in [0.15, 0.2) is 0 Å². The minimum absolute atomic E-state index is 0.285. The van der Waals surface area contributed by atoms with E-state index < -0.39 is 12.2 Å². The molecule has 0 aliphatic rings. The first-order chi connectivity index (χ1) is 7.06. The van der Waals surface area contributed by atoms with E-state index in [-0.39, 0.29) is 12.7 Å². The maximum absolute atomic E-state index is 10.8. The summed E-state index contributed by atoms with van der Waals surface area (Å²) < 4.78 is 9.25. The van der Waals surface area contributed by atoms with Crippen LogP contribution in [0.1, 0.15) is 33.6 Å². The van der Waals surface area contributed by atoms with Crippen LogP contribution in [-0.4, -0.2) is 24.9 Å². The van der Waals surface area contributed by atoms with Crippen molar-refractivity contribution in [2.24, 2.45) is 10.2 Å². The van der Waals surface area contributed by atoms with Crippen molar-refractivity contribution in [3.63, 3.8) is 0 Å². The Morgan fingerprint density at radius 3 is 2.33 bits per heavy atom. The fraction of sp³-hybridized carbons (Fsp3) is 0.778. The smallest absolute Gasteiger partial charge is 0.447 e. The maximum Gasteiger partial charge on any atom is 0.452 e. The molecule has 0 aromatic heterocycles. The summed E-state index contributed by atoms with van der Waals surface area (Å²) in [5, 5.41) is 6.07. The normalized spacial score (nSPS) is 10.7. The van der Waals surface area contributed by atoms with Gasteiger partial charge < -0.3 is 9.47 Å². The van der Waals surface area contributed by atoms with E-state index in [9.17, 15) is 9.59 Å². The number of carbonyl (C=O) groups is 2. The number of hydrogen-bond donors (Lipinski definition) is 0. The van der Waals surface area contributed by atoms with Gasteiger partial charge in [0.2, 0.25) is 0 Å². The molecule has 6 heteroatoms. The molecule has 0 atom stereocenters. The number of hydrogen-bond acceptors (Lipinski definition) is 4. The van der Waals surface area contributed by atoms with Crippen molar-refractivity contribution in [2.45, 2.75) is 39.7 Å². The number of amides is 2. The van der Waals surface area contributed by atoms with Gasteiger partial charge >= 0.3 is 12.2 Å². The van der Waals surface area contributed by atoms with Crippen LogP contribution < -0.4 is 0 Å². The van der Waals surface area contributed by atoms with Gasteiger partial charge in [0.1, 0.15) is 0 Å². The van der Waals surface area contributed by atoms with E-state index in [0.29, 0.717) is 0 Å². The van der Waals surface area contributed by atoms with E-state index in [4.69, 9.17) is 0 Å². The molecule has 0 saturated carbocycles. The van der Waals surface area contributed by atoms with Crippen molar-refractivity contribution in [3.05, 3.63) is 0 Å². The van der Waals surface area contributed by atoms with E-state index >= 15 is 0 Å². The van der Waals surface area contributed by atoms with Gasteiger partial charge in [-0.1, -0.05) is 23.6 Å². The Morgan fingerprint density at radius 2 is 1.80 bits per heavy atom. The van der Waals surface area contributed by atoms with Crippen LogP contribution in [-0.2, 0) is 9.47 Å². The van der Waals surface area contributed by atoms with Crippen molar-refractivity contribution >= 4 is 12.2 Å². The first kappa shape index (κ1) is 13.5. The lowest BCUT2D eigenvalue weighted by Crippen LogP contribution is -2.07. The Balaban J connectivity index is 3.74. The number of azo groups is 1. The van der Waals surface area contributed by atoms with Crippen molar-refractivity contribution in [1.82, 2.24) is 0 Å². The molecular formula is C9H16N2O4. The van der Waals surface area contributed by atoms with Crippen LogP contribution in [0.15, 0.2) is 10.2 Å². The number of nitrogens with zero attached hydrogens (tertiary/aromatic N) is 2. The second-order valence-corrected chi connectivity index (χ2v) is 3.10. The number of ether oxygens (including phenoxy) is 2. The number of rotatable bonds is 4. The van der Waals surface area contributed by atoms with Gasteiger partial charge in [-0.3, -0.25) is 0 Å². The highest BCUT2D eigenvalue weighted by atomic mass is 16.6. The maximum atomic E-state index is 10.8. The molecule has 0 aromatic carbocycles. The molecule has 0 aliphatic heterocycles. The quantitative estimate of drug-likeness (QED) is 0.534. The average Bonchev–Trinajstić information content (AvgIpc) is 2.14. The molecule has 0 bridgehead atoms. The molecule has 0 N–H and O–H groups in total. The molecule has 2 amide bonds. The molecule has 0 fully saturated rings. The Morgan fingerprint density at radius 1 is 1.20 bits per heavy atom. The largest absolute Gasteiger partial charge is 0.452 e. The van der Waals surface area contributed by atoms with Crippen molar-refractivity contribution < 1.29 is 19.1 Å². The Bertz CT molecular complexity index is 238. The van der Waals surface area contributed by atoms with Gasteiger partial charge in [-0.25, -0.2) is 9.59 Å². The van der Waals surface area contributed by atoms with E-state index in [1.807, 2.05) is 6.92 Å². The van der Waals surface area contributed by atoms with E-state index in [1.54, 1.807) is 13.8 Å². The van der Waals surface area contributed by atoms with E-state index in [1.165, 1.54) is 0 Å². The van der Waals surface area contributed by atoms with Crippen molar-refractivity contribution in [3.8, 4) is 0 Å². The first-order valence-corrected chi connectivity index (χ1v) is 4.85. The van der Waals surface area contributed by atoms with Crippen LogP contribution in [0.2, 0.25) is 0 Å². The van der Waals surface area contributed by atoms with Crippen LogP contribution in [0.5, 0.6) is 0 Å². The van der Waals surface area contributed by atoms with Gasteiger partial charge in [0, 0.05) is 0 Å². The molecule has 15 heavy (non-hydrogen) atoms. The molecule has 0 heterocycles. The molecule has 0 unspecified atom stereocenters. The van der Waals surface area contributed by atoms with Gasteiger partial charge in [0.05, 0.1) is 12.7 Å². The fourth-order valence-corrected chi connectivity index (χ4v) is 0.640. The summed E-state index contributed by atoms with van der Waals surface area (Å²) in [4.78, 5) is 21.6. The third-order valence-corrected chi connectivity index (χ3v) is 1.27. The summed E-state index contributed by atoms with van der Waals surface area (Å²) in [6.45, 7) is 5.60. The Labute approximate surface area is 88.7 Å². The minimum atomic E-state index is -0.891. The minimum Gasteiger partial charge on any atom is -0.447 e. The highest BCUT2D eigenvalue weighted by molar-refractivity contribution is 5.73. The van der Waals surface area contributed by atoms with Gasteiger partial charge in [-0.15, -0.1) is 0 Å². The monoisotopic (exact) mass is 216 g/mol. The summed E-state index contributed by atoms with van der Waals surface area (Å²) in [5.41, 5.74) is 0. The predicted molar refractivity (Wildman–Crippen MR) is 52.7 cm³/mol. The van der Waals surface area contributed by atoms with Gasteiger partial charge in [-0.05, 0) is 20.3 Å². The lowest BCUT2D eigenvalue weighted by molar-refractivity contribution is 0.121. The van der Waals surface area contributed by atoms with E-state index in [2.05, 4.69) is 19.7 Å². The Kier molecular flexibility index (Phi) is 7.13. The molecule has 0 radical (unpaired) electrons. The fourth-order valence-electron chi connectivity index (χ4n) is 0.640. The van der Waals surface area contributed by atoms with Gasteiger partial charge in [0.25, 0.3) is 0 Å². The summed E-state index contributed by atoms with van der Waals surface area (Å²) in [6, 6.07) is 0. The van der Waals surface area contributed by atoms with Crippen LogP contribution in [0.3, 0.4) is 0 Å². The molecule has 6 nitrogen and oxygen atoms in total. The standard InChI is InChI=1S/C9H16N2O4/c1-4-5-6-14-8(12)10-11-9(13)15-7(2)3/h7H,4-6H2,1-3H3. The second-order valence-electron chi connectivity index (χ2n) is 3.10. The van der Waals surface area contributed by atoms with Crippen LogP contribution in [0.4, 0.5) is 9.59 Å². The second kappa shape index (κ2) is 7.90. The van der Waals surface area contributed by atoms with Crippen LogP contribution in [0, 0.1) is 0 Å². The molecule has 0 spiro atoms. The molecule has 0 aromatic rings. The zero-order chi connectivity index (χ0) is 11.7. The zero-order valence-electron chi connectivity index (χ0n) is 9.23. The highest BCUT2D eigenvalue weighted by Gasteiger charge is 2.05. The Hall–Kier alpha value is -1.46. The molecule has 0 saturated heterocycles. The topological polar surface area (TPSA) is 77.3 Å².